The molecule has 2 saturated heterocycles. The molecule has 0 atom stereocenters. The highest BCUT2D eigenvalue weighted by Gasteiger charge is 2.50. The van der Waals surface area contributed by atoms with Gasteiger partial charge < -0.3 is 15.5 Å². The maximum Gasteiger partial charge on any atom is 0.233 e. The molecule has 2 N–H and O–H groups in total. The number of nitrogens with one attached hydrogen (secondary N) is 2. The average Bonchev–Trinajstić information content (AvgIpc) is 3.30. The van der Waals surface area contributed by atoms with Gasteiger partial charge in [-0.2, -0.15) is 0 Å². The Labute approximate surface area is 195 Å². The van der Waals surface area contributed by atoms with E-state index in [4.69, 9.17) is 11.6 Å². The van der Waals surface area contributed by atoms with Crippen molar-refractivity contribution in [1.82, 2.24) is 15.5 Å². The standard InChI is InChI=1S/C25H35ClFN3O2/c1-28-22(31)24(17-18-7-13-29-14-8-18)11-15-30(16-12-24)23(32)25(9-2-3-10-25)21-19(26)5-4-6-20(21)27/h4-6,18,29H,2-3,7-17H2,1H3,(H,28,31). The summed E-state index contributed by atoms with van der Waals surface area (Å²) in [5.74, 6) is 0.217. The Balaban J connectivity index is 1.54. The molecule has 5 nitrogen and oxygen atoms in total. The van der Waals surface area contributed by atoms with Crippen LogP contribution in [-0.4, -0.2) is 49.9 Å². The third-order valence-corrected chi connectivity index (χ3v) is 8.48. The highest BCUT2D eigenvalue weighted by atomic mass is 35.5. The molecule has 3 fully saturated rings. The molecular formula is C25H35ClFN3O2. The van der Waals surface area contributed by atoms with Crippen molar-refractivity contribution in [3.63, 3.8) is 0 Å². The van der Waals surface area contributed by atoms with Crippen LogP contribution in [-0.2, 0) is 15.0 Å². The fourth-order valence-electron chi connectivity index (χ4n) is 6.37. The molecule has 0 aromatic heterocycles. The van der Waals surface area contributed by atoms with Crippen molar-refractivity contribution in [2.75, 3.05) is 33.2 Å². The minimum absolute atomic E-state index is 0.0191. The quantitative estimate of drug-likeness (QED) is 0.692. The molecule has 1 aromatic carbocycles. The van der Waals surface area contributed by atoms with Gasteiger partial charge in [-0.05, 0) is 76.1 Å². The monoisotopic (exact) mass is 463 g/mol. The maximum absolute atomic E-state index is 14.9. The van der Waals surface area contributed by atoms with Crippen LogP contribution in [0.3, 0.4) is 0 Å². The molecule has 0 bridgehead atoms. The number of piperidine rings is 2. The molecule has 0 unspecified atom stereocenters. The third-order valence-electron chi connectivity index (χ3n) is 8.16. The summed E-state index contributed by atoms with van der Waals surface area (Å²) in [4.78, 5) is 28.7. The van der Waals surface area contributed by atoms with Gasteiger partial charge in [-0.3, -0.25) is 9.59 Å². The van der Waals surface area contributed by atoms with Gasteiger partial charge in [0.25, 0.3) is 0 Å². The zero-order valence-corrected chi connectivity index (χ0v) is 19.8. The average molecular weight is 464 g/mol. The molecule has 32 heavy (non-hydrogen) atoms. The summed E-state index contributed by atoms with van der Waals surface area (Å²) >= 11 is 6.43. The molecule has 4 rings (SSSR count). The van der Waals surface area contributed by atoms with Crippen molar-refractivity contribution in [2.45, 2.75) is 63.2 Å². The number of rotatable bonds is 5. The minimum atomic E-state index is -0.884. The van der Waals surface area contributed by atoms with Crippen LogP contribution >= 0.6 is 11.6 Å². The molecule has 2 heterocycles. The smallest absolute Gasteiger partial charge is 0.233 e. The predicted molar refractivity (Wildman–Crippen MR) is 124 cm³/mol. The Morgan fingerprint density at radius 1 is 1.16 bits per heavy atom. The highest BCUT2D eigenvalue weighted by molar-refractivity contribution is 6.31. The Bertz CT molecular complexity index is 821. The first-order valence-corrected chi connectivity index (χ1v) is 12.5. The normalized spacial score (nSPS) is 23.2. The molecule has 3 aliphatic rings. The number of hydrogen-bond acceptors (Lipinski definition) is 3. The van der Waals surface area contributed by atoms with Crippen LogP contribution in [0.15, 0.2) is 18.2 Å². The zero-order valence-electron chi connectivity index (χ0n) is 19.0. The SMILES string of the molecule is CNC(=O)C1(CC2CCNCC2)CCN(C(=O)C2(c3c(F)cccc3Cl)CCCC2)CC1. The van der Waals surface area contributed by atoms with Gasteiger partial charge in [-0.1, -0.05) is 30.5 Å². The van der Waals surface area contributed by atoms with E-state index >= 15 is 0 Å². The summed E-state index contributed by atoms with van der Waals surface area (Å²) in [5.41, 5.74) is -0.946. The number of benzene rings is 1. The van der Waals surface area contributed by atoms with E-state index in [0.29, 0.717) is 55.3 Å². The van der Waals surface area contributed by atoms with Gasteiger partial charge in [0, 0.05) is 30.7 Å². The van der Waals surface area contributed by atoms with Gasteiger partial charge in [-0.15, -0.1) is 0 Å². The number of carbonyl (C=O) groups excluding carboxylic acids is 2. The van der Waals surface area contributed by atoms with E-state index in [1.165, 1.54) is 6.07 Å². The van der Waals surface area contributed by atoms with Gasteiger partial charge in [-0.25, -0.2) is 4.39 Å². The van der Waals surface area contributed by atoms with E-state index < -0.39 is 16.6 Å². The third kappa shape index (κ3) is 4.28. The Hall–Kier alpha value is -1.66. The van der Waals surface area contributed by atoms with Gasteiger partial charge in [0.05, 0.1) is 10.8 Å². The van der Waals surface area contributed by atoms with E-state index in [-0.39, 0.29) is 11.8 Å². The summed E-state index contributed by atoms with van der Waals surface area (Å²) in [6.45, 7) is 3.08. The van der Waals surface area contributed by atoms with Crippen LogP contribution < -0.4 is 10.6 Å². The lowest BCUT2D eigenvalue weighted by Gasteiger charge is -2.45. The van der Waals surface area contributed by atoms with E-state index in [1.807, 2.05) is 4.90 Å². The number of likely N-dealkylation sites (tertiary alicyclic amines) is 1. The molecule has 2 aliphatic heterocycles. The molecular weight excluding hydrogens is 429 g/mol. The fraction of sp³-hybridized carbons (Fsp3) is 0.680. The van der Waals surface area contributed by atoms with Crippen molar-refractivity contribution in [2.24, 2.45) is 11.3 Å². The number of carbonyl (C=O) groups is 2. The number of nitrogens with zero attached hydrogens (tertiary/aromatic N) is 1. The van der Waals surface area contributed by atoms with Crippen LogP contribution in [0.25, 0.3) is 0 Å². The summed E-state index contributed by atoms with van der Waals surface area (Å²) in [7, 11) is 1.71. The largest absolute Gasteiger partial charge is 0.359 e. The number of hydrogen-bond donors (Lipinski definition) is 2. The first kappa shape index (κ1) is 23.5. The number of halogens is 2. The Kier molecular flexibility index (Phi) is 7.11. The van der Waals surface area contributed by atoms with E-state index in [1.54, 1.807) is 19.2 Å². The summed E-state index contributed by atoms with van der Waals surface area (Å²) in [5, 5.41) is 6.62. The lowest BCUT2D eigenvalue weighted by molar-refractivity contribution is -0.145. The van der Waals surface area contributed by atoms with E-state index in [2.05, 4.69) is 10.6 Å². The Morgan fingerprint density at radius 2 is 1.81 bits per heavy atom. The van der Waals surface area contributed by atoms with Gasteiger partial charge >= 0.3 is 0 Å². The molecule has 2 amide bonds. The molecule has 0 spiro atoms. The van der Waals surface area contributed by atoms with Gasteiger partial charge in [0.2, 0.25) is 11.8 Å². The molecule has 1 aromatic rings. The first-order valence-electron chi connectivity index (χ1n) is 12.1. The molecule has 1 saturated carbocycles. The predicted octanol–water partition coefficient (Wildman–Crippen LogP) is 4.04. The van der Waals surface area contributed by atoms with Crippen LogP contribution in [0, 0.1) is 17.2 Å². The zero-order chi connectivity index (χ0) is 22.8. The second-order valence-electron chi connectivity index (χ2n) is 9.94. The van der Waals surface area contributed by atoms with Crippen molar-refractivity contribution in [3.8, 4) is 0 Å². The summed E-state index contributed by atoms with van der Waals surface area (Å²) < 4.78 is 14.9. The van der Waals surface area contributed by atoms with Gasteiger partial charge in [0.15, 0.2) is 0 Å². The fourth-order valence-corrected chi connectivity index (χ4v) is 6.72. The number of amides is 2. The maximum atomic E-state index is 14.9. The van der Waals surface area contributed by atoms with Crippen molar-refractivity contribution < 1.29 is 14.0 Å². The van der Waals surface area contributed by atoms with E-state index in [9.17, 15) is 14.0 Å². The molecule has 1 aliphatic carbocycles. The lowest BCUT2D eigenvalue weighted by Crippen LogP contribution is -2.54. The van der Waals surface area contributed by atoms with Crippen molar-refractivity contribution in [3.05, 3.63) is 34.6 Å². The second kappa shape index (κ2) is 9.68. The van der Waals surface area contributed by atoms with E-state index in [0.717, 1.165) is 45.2 Å². The lowest BCUT2D eigenvalue weighted by atomic mass is 9.69. The van der Waals surface area contributed by atoms with Crippen LogP contribution in [0.2, 0.25) is 5.02 Å². The van der Waals surface area contributed by atoms with Crippen LogP contribution in [0.4, 0.5) is 4.39 Å². The molecule has 0 radical (unpaired) electrons. The Morgan fingerprint density at radius 3 is 2.41 bits per heavy atom. The minimum Gasteiger partial charge on any atom is -0.359 e. The topological polar surface area (TPSA) is 61.4 Å². The summed E-state index contributed by atoms with van der Waals surface area (Å²) in [6, 6.07) is 4.67. The van der Waals surface area contributed by atoms with Crippen LogP contribution in [0.1, 0.15) is 63.4 Å². The van der Waals surface area contributed by atoms with Gasteiger partial charge in [0.1, 0.15) is 5.82 Å². The molecule has 7 heteroatoms. The summed E-state index contributed by atoms with van der Waals surface area (Å²) in [6.07, 6.45) is 7.40. The highest BCUT2D eigenvalue weighted by Crippen LogP contribution is 2.48. The van der Waals surface area contributed by atoms with Crippen molar-refractivity contribution in [1.29, 1.82) is 0 Å². The molecule has 176 valence electrons. The van der Waals surface area contributed by atoms with Crippen molar-refractivity contribution >= 4 is 23.4 Å². The second-order valence-corrected chi connectivity index (χ2v) is 10.3. The van der Waals surface area contributed by atoms with Crippen LogP contribution in [0.5, 0.6) is 0 Å². The first-order chi connectivity index (χ1) is 15.4.